The van der Waals surface area contributed by atoms with Crippen LogP contribution in [0.2, 0.25) is 0 Å². The average Bonchev–Trinajstić information content (AvgIpc) is 2.30. The van der Waals surface area contributed by atoms with Crippen molar-refractivity contribution in [1.82, 2.24) is 4.72 Å². The Morgan fingerprint density at radius 2 is 1.90 bits per heavy atom. The highest BCUT2D eigenvalue weighted by molar-refractivity contribution is 9.10. The van der Waals surface area contributed by atoms with Crippen LogP contribution in [-0.4, -0.2) is 15.0 Å². The molecule has 0 heterocycles. The summed E-state index contributed by atoms with van der Waals surface area (Å²) in [6.45, 7) is 8.84. The molecule has 20 heavy (non-hydrogen) atoms. The second kappa shape index (κ2) is 6.56. The number of rotatable bonds is 5. The lowest BCUT2D eigenvalue weighted by atomic mass is 9.93. The number of nitrogens with one attached hydrogen (secondary N) is 1. The molecule has 0 aliphatic carbocycles. The number of sulfonamides is 1. The summed E-state index contributed by atoms with van der Waals surface area (Å²) in [4.78, 5) is 0.256. The third kappa shape index (κ3) is 4.84. The van der Waals surface area contributed by atoms with Crippen LogP contribution in [0, 0.1) is 12.3 Å². The first-order chi connectivity index (χ1) is 9.07. The molecule has 1 aromatic rings. The number of benzene rings is 1. The van der Waals surface area contributed by atoms with Crippen LogP contribution in [0.15, 0.2) is 21.5 Å². The Morgan fingerprint density at radius 1 is 1.30 bits per heavy atom. The molecule has 3 N–H and O–H groups in total. The molecule has 0 saturated heterocycles. The molecule has 1 rings (SSSR count). The molecule has 0 radical (unpaired) electrons. The molecule has 0 saturated carbocycles. The highest BCUT2D eigenvalue weighted by Gasteiger charge is 2.20. The zero-order chi connectivity index (χ0) is 15.6. The molecule has 0 aliphatic heterocycles. The van der Waals surface area contributed by atoms with Crippen LogP contribution in [0.25, 0.3) is 0 Å². The van der Waals surface area contributed by atoms with Gasteiger partial charge in [0.25, 0.3) is 0 Å². The molecule has 0 unspecified atom stereocenters. The number of nitrogens with two attached hydrogens (primary N) is 1. The van der Waals surface area contributed by atoms with Crippen molar-refractivity contribution in [2.24, 2.45) is 11.1 Å². The summed E-state index contributed by atoms with van der Waals surface area (Å²) >= 11 is 3.35. The Hall–Kier alpha value is -0.430. The van der Waals surface area contributed by atoms with Gasteiger partial charge in [-0.3, -0.25) is 0 Å². The Labute approximate surface area is 130 Å². The minimum atomic E-state index is -3.52. The minimum absolute atomic E-state index is 0.0920. The summed E-state index contributed by atoms with van der Waals surface area (Å²) < 4.78 is 28.0. The van der Waals surface area contributed by atoms with Crippen molar-refractivity contribution in [3.8, 4) is 0 Å². The SMILES string of the molecule is Cc1cc(CN)cc(S(=O)(=O)NCCC(C)(C)C)c1Br. The zero-order valence-corrected chi connectivity index (χ0v) is 14.9. The third-order valence-electron chi connectivity index (χ3n) is 2.97. The number of halogens is 1. The fourth-order valence-corrected chi connectivity index (χ4v) is 3.86. The fraction of sp³-hybridized carbons (Fsp3) is 0.571. The largest absolute Gasteiger partial charge is 0.326 e. The molecule has 0 bridgehead atoms. The van der Waals surface area contributed by atoms with Crippen LogP contribution >= 0.6 is 15.9 Å². The zero-order valence-electron chi connectivity index (χ0n) is 12.5. The van der Waals surface area contributed by atoms with E-state index in [9.17, 15) is 8.42 Å². The highest BCUT2D eigenvalue weighted by atomic mass is 79.9. The Morgan fingerprint density at radius 3 is 2.40 bits per heavy atom. The first-order valence-electron chi connectivity index (χ1n) is 6.55. The van der Waals surface area contributed by atoms with Gasteiger partial charge in [0.15, 0.2) is 0 Å². The van der Waals surface area contributed by atoms with Gasteiger partial charge in [0.1, 0.15) is 0 Å². The quantitative estimate of drug-likeness (QED) is 0.845. The predicted octanol–water partition coefficient (Wildman–Crippen LogP) is 2.93. The molecule has 6 heteroatoms. The van der Waals surface area contributed by atoms with Gasteiger partial charge in [-0.15, -0.1) is 0 Å². The Kier molecular flexibility index (Phi) is 5.78. The number of hydrogen-bond acceptors (Lipinski definition) is 3. The first kappa shape index (κ1) is 17.6. The molecule has 0 aliphatic rings. The van der Waals surface area contributed by atoms with Crippen LogP contribution in [0.3, 0.4) is 0 Å². The lowest BCUT2D eigenvalue weighted by Gasteiger charge is -2.18. The molecule has 114 valence electrons. The van der Waals surface area contributed by atoms with E-state index < -0.39 is 10.0 Å². The topological polar surface area (TPSA) is 72.2 Å². The van der Waals surface area contributed by atoms with Crippen molar-refractivity contribution in [1.29, 1.82) is 0 Å². The molecule has 0 amide bonds. The summed E-state index contributed by atoms with van der Waals surface area (Å²) in [7, 11) is -3.52. The van der Waals surface area contributed by atoms with Crippen molar-refractivity contribution in [2.75, 3.05) is 6.54 Å². The standard InChI is InChI=1S/C14H23BrN2O2S/c1-10-7-11(9-16)8-12(13(10)15)20(18,19)17-6-5-14(2,3)4/h7-8,17H,5-6,9,16H2,1-4H3. The molecule has 4 nitrogen and oxygen atoms in total. The molecular formula is C14H23BrN2O2S. The molecular weight excluding hydrogens is 340 g/mol. The van der Waals surface area contributed by atoms with Gasteiger partial charge in [0, 0.05) is 17.6 Å². The van der Waals surface area contributed by atoms with Gasteiger partial charge in [-0.2, -0.15) is 0 Å². The summed E-state index contributed by atoms with van der Waals surface area (Å²) in [5.41, 5.74) is 7.37. The third-order valence-corrected chi connectivity index (χ3v) is 5.77. The van der Waals surface area contributed by atoms with Gasteiger partial charge >= 0.3 is 0 Å². The van der Waals surface area contributed by atoms with Gasteiger partial charge < -0.3 is 5.73 Å². The van der Waals surface area contributed by atoms with Gasteiger partial charge in [-0.25, -0.2) is 13.1 Å². The smallest absolute Gasteiger partial charge is 0.241 e. The molecule has 0 aromatic heterocycles. The molecule has 0 fully saturated rings. The second-order valence-corrected chi connectivity index (χ2v) is 8.67. The first-order valence-corrected chi connectivity index (χ1v) is 8.83. The normalized spacial score (nSPS) is 12.7. The summed E-state index contributed by atoms with van der Waals surface area (Å²) in [5, 5.41) is 0. The predicted molar refractivity (Wildman–Crippen MR) is 86.0 cm³/mol. The molecule has 0 spiro atoms. The van der Waals surface area contributed by atoms with Gasteiger partial charge in [0.05, 0.1) is 4.90 Å². The van der Waals surface area contributed by atoms with E-state index in [-0.39, 0.29) is 10.3 Å². The van der Waals surface area contributed by atoms with Crippen molar-refractivity contribution in [2.45, 2.75) is 45.6 Å². The lowest BCUT2D eigenvalue weighted by molar-refractivity contribution is 0.378. The van der Waals surface area contributed by atoms with E-state index >= 15 is 0 Å². The van der Waals surface area contributed by atoms with Crippen LogP contribution in [0.4, 0.5) is 0 Å². The second-order valence-electron chi connectivity index (χ2n) is 6.14. The number of aryl methyl sites for hydroxylation is 1. The van der Waals surface area contributed by atoms with Crippen LogP contribution in [0.1, 0.15) is 38.3 Å². The van der Waals surface area contributed by atoms with E-state index in [1.165, 1.54) is 0 Å². The molecule has 0 atom stereocenters. The van der Waals surface area contributed by atoms with E-state index in [2.05, 4.69) is 41.4 Å². The minimum Gasteiger partial charge on any atom is -0.326 e. The summed E-state index contributed by atoms with van der Waals surface area (Å²) in [5.74, 6) is 0. The van der Waals surface area contributed by atoms with E-state index in [1.54, 1.807) is 6.07 Å². The van der Waals surface area contributed by atoms with Gasteiger partial charge in [-0.1, -0.05) is 26.8 Å². The number of hydrogen-bond donors (Lipinski definition) is 2. The van der Waals surface area contributed by atoms with Crippen molar-refractivity contribution in [3.63, 3.8) is 0 Å². The van der Waals surface area contributed by atoms with E-state index in [0.29, 0.717) is 17.6 Å². The lowest BCUT2D eigenvalue weighted by Crippen LogP contribution is -2.28. The fourth-order valence-electron chi connectivity index (χ4n) is 1.76. The van der Waals surface area contributed by atoms with Gasteiger partial charge in [-0.05, 0) is 51.9 Å². The Bertz CT molecular complexity index is 578. The maximum absolute atomic E-state index is 12.4. The van der Waals surface area contributed by atoms with Crippen molar-refractivity contribution >= 4 is 26.0 Å². The van der Waals surface area contributed by atoms with Crippen LogP contribution < -0.4 is 10.5 Å². The van der Waals surface area contributed by atoms with Crippen LogP contribution in [-0.2, 0) is 16.6 Å². The Balaban J connectivity index is 3.01. The maximum Gasteiger partial charge on any atom is 0.241 e. The molecule has 1 aromatic carbocycles. The van der Waals surface area contributed by atoms with Crippen LogP contribution in [0.5, 0.6) is 0 Å². The van der Waals surface area contributed by atoms with E-state index in [0.717, 1.165) is 17.5 Å². The summed E-state index contributed by atoms with van der Waals surface area (Å²) in [6.07, 6.45) is 0.777. The average molecular weight is 363 g/mol. The van der Waals surface area contributed by atoms with Crippen molar-refractivity contribution < 1.29 is 8.42 Å². The van der Waals surface area contributed by atoms with Crippen molar-refractivity contribution in [3.05, 3.63) is 27.7 Å². The summed E-state index contributed by atoms with van der Waals surface area (Å²) in [6, 6.07) is 3.51. The van der Waals surface area contributed by atoms with Gasteiger partial charge in [0.2, 0.25) is 10.0 Å². The monoisotopic (exact) mass is 362 g/mol. The maximum atomic E-state index is 12.4. The highest BCUT2D eigenvalue weighted by Crippen LogP contribution is 2.27. The van der Waals surface area contributed by atoms with E-state index in [4.69, 9.17) is 5.73 Å². The van der Waals surface area contributed by atoms with E-state index in [1.807, 2.05) is 13.0 Å².